The van der Waals surface area contributed by atoms with Gasteiger partial charge in [0.15, 0.2) is 19.9 Å². The van der Waals surface area contributed by atoms with E-state index in [-0.39, 0.29) is 40.4 Å². The van der Waals surface area contributed by atoms with Gasteiger partial charge in [-0.05, 0) is 61.2 Å². The molecule has 44 heavy (non-hydrogen) atoms. The summed E-state index contributed by atoms with van der Waals surface area (Å²) in [5, 5.41) is 2.43. The number of rotatable bonds is 9. The van der Waals surface area contributed by atoms with Crippen LogP contribution < -0.4 is 10.4 Å². The summed E-state index contributed by atoms with van der Waals surface area (Å²) in [7, 11) is -4.97. The van der Waals surface area contributed by atoms with Crippen LogP contribution in [0, 0.1) is 5.92 Å². The Hall–Kier alpha value is -1.37. The third-order valence-corrected chi connectivity index (χ3v) is 19.1. The van der Waals surface area contributed by atoms with Crippen LogP contribution in [0.5, 0.6) is 0 Å². The second-order valence-corrected chi connectivity index (χ2v) is 25.3. The van der Waals surface area contributed by atoms with Crippen LogP contribution in [0.15, 0.2) is 60.7 Å². The van der Waals surface area contributed by atoms with Gasteiger partial charge in [0.25, 0.3) is 8.32 Å². The molecule has 246 valence electrons. The lowest BCUT2D eigenvalue weighted by Crippen LogP contribution is -2.68. The van der Waals surface area contributed by atoms with Crippen molar-refractivity contribution in [1.82, 2.24) is 0 Å². The Kier molecular flexibility index (Phi) is 10.2. The molecule has 0 aliphatic carbocycles. The highest BCUT2D eigenvalue weighted by Gasteiger charge is 2.56. The highest BCUT2D eigenvalue weighted by molar-refractivity contribution is 6.99. The van der Waals surface area contributed by atoms with Gasteiger partial charge in [-0.25, -0.2) is 0 Å². The molecular formula is C36H58O6Si2. The second kappa shape index (κ2) is 12.7. The van der Waals surface area contributed by atoms with Gasteiger partial charge in [0.1, 0.15) is 18.3 Å². The lowest BCUT2D eigenvalue weighted by Gasteiger charge is -2.52. The Bertz CT molecular complexity index is 1180. The molecule has 4 rings (SSSR count). The van der Waals surface area contributed by atoms with Gasteiger partial charge in [-0.2, -0.15) is 0 Å². The van der Waals surface area contributed by atoms with Crippen molar-refractivity contribution in [1.29, 1.82) is 0 Å². The van der Waals surface area contributed by atoms with Crippen LogP contribution in [-0.4, -0.2) is 65.8 Å². The highest BCUT2D eigenvalue weighted by Crippen LogP contribution is 2.44. The Morgan fingerprint density at radius 3 is 1.73 bits per heavy atom. The van der Waals surface area contributed by atoms with Crippen molar-refractivity contribution in [2.24, 2.45) is 5.92 Å². The van der Waals surface area contributed by atoms with Crippen molar-refractivity contribution in [3.63, 3.8) is 0 Å². The maximum absolute atomic E-state index is 7.41. The van der Waals surface area contributed by atoms with Gasteiger partial charge in [0.05, 0.1) is 12.7 Å². The zero-order valence-electron chi connectivity index (χ0n) is 29.5. The first kappa shape index (κ1) is 35.5. The molecule has 6 nitrogen and oxygen atoms in total. The molecule has 0 unspecified atom stereocenters. The summed E-state index contributed by atoms with van der Waals surface area (Å²) >= 11 is 0. The van der Waals surface area contributed by atoms with E-state index in [1.54, 1.807) is 0 Å². The number of benzene rings is 2. The molecule has 2 aliphatic heterocycles. The predicted octanol–water partition coefficient (Wildman–Crippen LogP) is 7.26. The average molecular weight is 643 g/mol. The summed E-state index contributed by atoms with van der Waals surface area (Å²) in [5.41, 5.74) is 0. The Morgan fingerprint density at radius 2 is 1.30 bits per heavy atom. The van der Waals surface area contributed by atoms with Crippen molar-refractivity contribution in [3.05, 3.63) is 60.7 Å². The fourth-order valence-corrected chi connectivity index (χ4v) is 12.3. The minimum Gasteiger partial charge on any atom is -0.408 e. The molecule has 2 fully saturated rings. The maximum atomic E-state index is 7.41. The molecule has 0 N–H and O–H groups in total. The summed E-state index contributed by atoms with van der Waals surface area (Å²) in [5.74, 6) is -1.50. The summed E-state index contributed by atoms with van der Waals surface area (Å²) < 4.78 is 40.6. The van der Waals surface area contributed by atoms with Gasteiger partial charge < -0.3 is 27.8 Å². The number of ether oxygens (including phenoxy) is 4. The van der Waals surface area contributed by atoms with Gasteiger partial charge in [0, 0.05) is 12.5 Å². The molecule has 0 spiro atoms. The third-order valence-electron chi connectivity index (χ3n) is 9.66. The van der Waals surface area contributed by atoms with Crippen molar-refractivity contribution in [3.8, 4) is 0 Å². The van der Waals surface area contributed by atoms with Crippen molar-refractivity contribution in [2.45, 2.75) is 135 Å². The second-order valence-electron chi connectivity index (χ2n) is 16.2. The molecule has 2 aromatic rings. The minimum absolute atomic E-state index is 0.00687. The van der Waals surface area contributed by atoms with Crippen LogP contribution in [0.3, 0.4) is 0 Å². The van der Waals surface area contributed by atoms with Crippen molar-refractivity contribution in [2.75, 3.05) is 13.2 Å². The molecule has 5 atom stereocenters. The van der Waals surface area contributed by atoms with Gasteiger partial charge >= 0.3 is 0 Å². The average Bonchev–Trinajstić information content (AvgIpc) is 3.28. The first-order valence-corrected chi connectivity index (χ1v) is 21.1. The van der Waals surface area contributed by atoms with E-state index in [0.29, 0.717) is 13.2 Å². The van der Waals surface area contributed by atoms with Gasteiger partial charge in [-0.1, -0.05) is 109 Å². The molecule has 0 saturated carbocycles. The summed E-state index contributed by atoms with van der Waals surface area (Å²) in [6.07, 6.45) is -1.24. The monoisotopic (exact) mass is 642 g/mol. The van der Waals surface area contributed by atoms with E-state index >= 15 is 0 Å². The fourth-order valence-electron chi connectivity index (χ4n) is 6.37. The van der Waals surface area contributed by atoms with Crippen LogP contribution in [0.25, 0.3) is 0 Å². The Balaban J connectivity index is 1.74. The first-order chi connectivity index (χ1) is 20.2. The number of hydrogen-bond acceptors (Lipinski definition) is 6. The van der Waals surface area contributed by atoms with E-state index in [2.05, 4.69) is 122 Å². The molecular weight excluding hydrogens is 585 g/mol. The smallest absolute Gasteiger partial charge is 0.261 e. The van der Waals surface area contributed by atoms with Crippen LogP contribution in [-0.2, 0) is 27.8 Å². The third kappa shape index (κ3) is 7.44. The van der Waals surface area contributed by atoms with E-state index in [1.807, 2.05) is 27.7 Å². The SMILES string of the molecule is C[C@@H](CO[Si](c1ccccc1)(c1ccccc1)C(C)(C)C)[C@@H]1OC(C)(C)O[C@H]([C@@H]2COC(C)(C)O2)[C@@H]1O[Si](C)(C)C(C)(C)C. The Morgan fingerprint density at radius 1 is 0.773 bits per heavy atom. The van der Waals surface area contributed by atoms with E-state index < -0.39 is 28.2 Å². The predicted molar refractivity (Wildman–Crippen MR) is 184 cm³/mol. The largest absolute Gasteiger partial charge is 0.408 e. The highest BCUT2D eigenvalue weighted by atomic mass is 28.4. The van der Waals surface area contributed by atoms with Crippen molar-refractivity contribution >= 4 is 27.0 Å². The minimum atomic E-state index is -2.74. The normalized spacial score (nSPS) is 26.8. The molecule has 2 aromatic carbocycles. The van der Waals surface area contributed by atoms with Crippen LogP contribution in [0.4, 0.5) is 0 Å². The van der Waals surface area contributed by atoms with E-state index in [0.717, 1.165) is 0 Å². The molecule has 2 saturated heterocycles. The maximum Gasteiger partial charge on any atom is 0.261 e. The van der Waals surface area contributed by atoms with E-state index in [1.165, 1.54) is 10.4 Å². The quantitative estimate of drug-likeness (QED) is 0.269. The van der Waals surface area contributed by atoms with E-state index in [4.69, 9.17) is 27.8 Å². The van der Waals surface area contributed by atoms with Crippen LogP contribution >= 0.6 is 0 Å². The van der Waals surface area contributed by atoms with Crippen molar-refractivity contribution < 1.29 is 27.8 Å². The molecule has 8 heteroatoms. The van der Waals surface area contributed by atoms with Gasteiger partial charge in [-0.3, -0.25) is 0 Å². The summed E-state index contributed by atoms with van der Waals surface area (Å²) in [4.78, 5) is 0. The van der Waals surface area contributed by atoms with Crippen LogP contribution in [0.1, 0.15) is 76.2 Å². The topological polar surface area (TPSA) is 55.4 Å². The molecule has 2 aliphatic rings. The zero-order valence-corrected chi connectivity index (χ0v) is 31.5. The standard InChI is InChI=1S/C36H58O6Si2/c1-26(24-38-44(34(5,6)7,27-20-16-14-17-21-27)28-22-18-15-19-23-28)30-32(42-43(12,13)33(2,3)4)31(41-36(10,11)40-30)29-25-37-35(8,9)39-29/h14-23,26,29-32H,24-25H2,1-13H3/t26-,29-,30-,31+,32+/m0/s1. The van der Waals surface area contributed by atoms with Crippen LogP contribution in [0.2, 0.25) is 23.2 Å². The number of hydrogen-bond donors (Lipinski definition) is 0. The Labute approximate surface area is 269 Å². The first-order valence-electron chi connectivity index (χ1n) is 16.3. The fraction of sp³-hybridized carbons (Fsp3) is 0.667. The summed E-state index contributed by atoms with van der Waals surface area (Å²) in [6.45, 7) is 29.4. The lowest BCUT2D eigenvalue weighted by molar-refractivity contribution is -0.351. The molecule has 0 aromatic heterocycles. The lowest BCUT2D eigenvalue weighted by atomic mass is 9.92. The van der Waals surface area contributed by atoms with Gasteiger partial charge in [0.2, 0.25) is 0 Å². The van der Waals surface area contributed by atoms with E-state index in [9.17, 15) is 0 Å². The summed E-state index contributed by atoms with van der Waals surface area (Å²) in [6, 6.07) is 21.6. The molecule has 0 amide bonds. The molecule has 2 heterocycles. The molecule has 0 bridgehead atoms. The van der Waals surface area contributed by atoms with Gasteiger partial charge in [-0.15, -0.1) is 0 Å². The molecule has 0 radical (unpaired) electrons. The zero-order chi connectivity index (χ0) is 32.8.